The van der Waals surface area contributed by atoms with Gasteiger partial charge in [-0.3, -0.25) is 0 Å². The van der Waals surface area contributed by atoms with E-state index in [1.807, 2.05) is 6.92 Å². The maximum Gasteiger partial charge on any atom is 0.407 e. The summed E-state index contributed by atoms with van der Waals surface area (Å²) < 4.78 is 31.1. The summed E-state index contributed by atoms with van der Waals surface area (Å²) >= 11 is 0. The zero-order valence-electron chi connectivity index (χ0n) is 18.4. The van der Waals surface area contributed by atoms with Gasteiger partial charge < -0.3 is 29.0 Å². The third-order valence-corrected chi connectivity index (χ3v) is 9.61. The highest BCUT2D eigenvalue weighted by molar-refractivity contribution is 5.92. The van der Waals surface area contributed by atoms with E-state index in [1.54, 1.807) is 0 Å². The predicted molar refractivity (Wildman–Crippen MR) is 105 cm³/mol. The van der Waals surface area contributed by atoms with Crippen LogP contribution in [0.1, 0.15) is 47.0 Å². The van der Waals surface area contributed by atoms with Gasteiger partial charge >= 0.3 is 12.1 Å². The van der Waals surface area contributed by atoms with E-state index in [4.69, 9.17) is 23.7 Å². The number of ether oxygens (including phenoxy) is 5. The van der Waals surface area contributed by atoms with Crippen LogP contribution in [0.2, 0.25) is 0 Å². The van der Waals surface area contributed by atoms with Crippen molar-refractivity contribution in [3.8, 4) is 0 Å². The molecule has 8 heteroatoms. The van der Waals surface area contributed by atoms with E-state index >= 15 is 0 Å². The highest BCUT2D eigenvalue weighted by Gasteiger charge is 3.01. The summed E-state index contributed by atoms with van der Waals surface area (Å²) in [6.45, 7) is 9.25. The Balaban J connectivity index is 1.34. The highest BCUT2D eigenvalue weighted by Crippen LogP contribution is 2.83. The molecular weight excluding hydrogens is 402 g/mol. The molecule has 168 valence electrons. The first-order valence-electron chi connectivity index (χ1n) is 11.6. The Hall–Kier alpha value is -1.64. The molecule has 0 bridgehead atoms. The molecule has 4 heterocycles. The van der Waals surface area contributed by atoms with Crippen LogP contribution >= 0.6 is 0 Å². The normalized spacial score (nSPS) is 54.5. The van der Waals surface area contributed by atoms with Gasteiger partial charge in [0.25, 0.3) is 0 Å². The van der Waals surface area contributed by atoms with Crippen molar-refractivity contribution in [2.24, 2.45) is 17.3 Å². The van der Waals surface area contributed by atoms with Gasteiger partial charge in [-0.05, 0) is 43.6 Å². The molecule has 9 atom stereocenters. The Labute approximate surface area is 180 Å². The standard InChI is InChI=1S/C23H29NO7/c1-5-24-19(26)28-18-21(10(2)3)15(30-21)16-23(31-16)20(4)7-6-11-12(9-27-17(11)25)13(20)8-14-22(18,23)29-14/h10,13-16,18H,5-9H2,1-4H3,(H,24,26)/t13-,14-,15-,16+,18+,20-,21-,22+,23+/m0/s1. The fourth-order valence-corrected chi connectivity index (χ4v) is 8.14. The van der Waals surface area contributed by atoms with Gasteiger partial charge in [-0.15, -0.1) is 0 Å². The second-order valence-corrected chi connectivity index (χ2v) is 10.8. The molecule has 0 aromatic carbocycles. The predicted octanol–water partition coefficient (Wildman–Crippen LogP) is 1.86. The van der Waals surface area contributed by atoms with Gasteiger partial charge in [0.05, 0.1) is 6.10 Å². The van der Waals surface area contributed by atoms with Crippen molar-refractivity contribution in [3.05, 3.63) is 11.1 Å². The van der Waals surface area contributed by atoms with Gasteiger partial charge in [0.1, 0.15) is 30.0 Å². The van der Waals surface area contributed by atoms with Crippen LogP contribution in [-0.4, -0.2) is 66.4 Å². The number of epoxide rings is 3. The summed E-state index contributed by atoms with van der Waals surface area (Å²) in [5.74, 6) is 0.163. The number of fused-ring (bicyclic) bond motifs is 4. The van der Waals surface area contributed by atoms with Crippen molar-refractivity contribution in [2.45, 2.75) is 88.2 Å². The number of hydrogen-bond acceptors (Lipinski definition) is 7. The largest absolute Gasteiger partial charge is 0.458 e. The summed E-state index contributed by atoms with van der Waals surface area (Å²) in [6.07, 6.45) is 1.11. The first-order valence-corrected chi connectivity index (χ1v) is 11.6. The van der Waals surface area contributed by atoms with Gasteiger partial charge in [0.2, 0.25) is 0 Å². The lowest BCUT2D eigenvalue weighted by Crippen LogP contribution is -2.70. The van der Waals surface area contributed by atoms with Crippen molar-refractivity contribution in [2.75, 3.05) is 13.2 Å². The Morgan fingerprint density at radius 3 is 2.81 bits per heavy atom. The third-order valence-electron chi connectivity index (χ3n) is 9.61. The number of carbonyl (C=O) groups is 2. The number of amides is 1. The van der Waals surface area contributed by atoms with Crippen LogP contribution < -0.4 is 5.32 Å². The molecule has 5 fully saturated rings. The molecule has 1 N–H and O–H groups in total. The summed E-state index contributed by atoms with van der Waals surface area (Å²) in [5.41, 5.74) is -0.0601. The molecular formula is C23H29NO7. The van der Waals surface area contributed by atoms with Gasteiger partial charge in [0, 0.05) is 17.5 Å². The number of nitrogens with one attached hydrogen (secondary N) is 1. The van der Waals surface area contributed by atoms with Crippen LogP contribution in [0.15, 0.2) is 11.1 Å². The zero-order valence-corrected chi connectivity index (χ0v) is 18.4. The SMILES string of the molecule is CCNC(=O)O[C@@H]1[C@@]2(C(C)C)O[C@H]2[C@H]2O[C@]23[C@]12O[C@H]2C[C@H]1C2=C(CC[C@@]13C)C(=O)OC2. The molecule has 4 aliphatic heterocycles. The van der Waals surface area contributed by atoms with E-state index in [9.17, 15) is 9.59 Å². The van der Waals surface area contributed by atoms with Crippen LogP contribution in [0.4, 0.5) is 4.79 Å². The van der Waals surface area contributed by atoms with Gasteiger partial charge in [-0.1, -0.05) is 20.8 Å². The molecule has 1 amide bonds. The van der Waals surface area contributed by atoms with E-state index in [2.05, 4.69) is 26.1 Å². The van der Waals surface area contributed by atoms with Crippen molar-refractivity contribution >= 4 is 12.1 Å². The Morgan fingerprint density at radius 1 is 1.26 bits per heavy atom. The van der Waals surface area contributed by atoms with E-state index in [0.29, 0.717) is 19.6 Å². The molecule has 0 aromatic heterocycles. The van der Waals surface area contributed by atoms with Crippen molar-refractivity contribution in [1.82, 2.24) is 5.32 Å². The number of hydrogen-bond donors (Lipinski definition) is 1. The van der Waals surface area contributed by atoms with Crippen LogP contribution in [0.5, 0.6) is 0 Å². The minimum Gasteiger partial charge on any atom is -0.458 e. The first kappa shape index (κ1) is 18.9. The van der Waals surface area contributed by atoms with E-state index in [1.165, 1.54) is 0 Å². The lowest BCUT2D eigenvalue weighted by molar-refractivity contribution is -0.136. The molecule has 31 heavy (non-hydrogen) atoms. The van der Waals surface area contributed by atoms with E-state index in [-0.39, 0.29) is 41.5 Å². The molecule has 2 spiro atoms. The lowest BCUT2D eigenvalue weighted by Gasteiger charge is -2.53. The first-order chi connectivity index (χ1) is 14.8. The van der Waals surface area contributed by atoms with E-state index < -0.39 is 29.0 Å². The lowest BCUT2D eigenvalue weighted by atomic mass is 9.46. The van der Waals surface area contributed by atoms with Crippen LogP contribution in [-0.2, 0) is 28.5 Å². The van der Waals surface area contributed by atoms with Crippen molar-refractivity contribution in [3.63, 3.8) is 0 Å². The minimum absolute atomic E-state index is 0.0676. The molecule has 0 unspecified atom stereocenters. The van der Waals surface area contributed by atoms with Crippen molar-refractivity contribution < 1.29 is 33.3 Å². The van der Waals surface area contributed by atoms with Crippen LogP contribution in [0, 0.1) is 17.3 Å². The van der Waals surface area contributed by atoms with Gasteiger partial charge in [-0.25, -0.2) is 9.59 Å². The number of esters is 1. The Bertz CT molecular complexity index is 962. The van der Waals surface area contributed by atoms with E-state index in [0.717, 1.165) is 24.0 Å². The number of rotatable bonds is 3. The maximum absolute atomic E-state index is 12.6. The molecule has 8 nitrogen and oxygen atoms in total. The second kappa shape index (κ2) is 5.29. The minimum atomic E-state index is -0.688. The van der Waals surface area contributed by atoms with Gasteiger partial charge in [-0.2, -0.15) is 0 Å². The average Bonchev–Trinajstić information content (AvgIpc) is 3.61. The quantitative estimate of drug-likeness (QED) is 0.537. The van der Waals surface area contributed by atoms with Crippen molar-refractivity contribution in [1.29, 1.82) is 0 Å². The molecule has 7 rings (SSSR count). The Morgan fingerprint density at radius 2 is 2.06 bits per heavy atom. The smallest absolute Gasteiger partial charge is 0.407 e. The third kappa shape index (κ3) is 1.78. The highest BCUT2D eigenvalue weighted by atomic mass is 16.8. The summed E-state index contributed by atoms with van der Waals surface area (Å²) in [4.78, 5) is 24.8. The summed E-state index contributed by atoms with van der Waals surface area (Å²) in [6, 6.07) is 0. The molecule has 3 aliphatic carbocycles. The molecule has 0 radical (unpaired) electrons. The Kier molecular flexibility index (Phi) is 3.22. The van der Waals surface area contributed by atoms with Crippen LogP contribution in [0.3, 0.4) is 0 Å². The number of carbonyl (C=O) groups excluding carboxylic acids is 2. The average molecular weight is 431 g/mol. The molecule has 3 saturated heterocycles. The maximum atomic E-state index is 12.6. The number of alkyl carbamates (subject to hydrolysis) is 1. The zero-order chi connectivity index (χ0) is 21.6. The fourth-order valence-electron chi connectivity index (χ4n) is 8.14. The molecule has 2 saturated carbocycles. The monoisotopic (exact) mass is 431 g/mol. The molecule has 7 aliphatic rings. The topological polar surface area (TPSA) is 102 Å². The summed E-state index contributed by atoms with van der Waals surface area (Å²) in [5, 5.41) is 2.77. The molecule has 0 aromatic rings. The van der Waals surface area contributed by atoms with Gasteiger partial charge in [0.15, 0.2) is 11.7 Å². The second-order valence-electron chi connectivity index (χ2n) is 10.8. The number of cyclic esters (lactones) is 1. The fraction of sp³-hybridized carbons (Fsp3) is 0.826. The van der Waals surface area contributed by atoms with Crippen LogP contribution in [0.25, 0.3) is 0 Å². The summed E-state index contributed by atoms with van der Waals surface area (Å²) in [7, 11) is 0.